The quantitative estimate of drug-likeness (QED) is 0.284. The van der Waals surface area contributed by atoms with Gasteiger partial charge >= 0.3 is 0 Å². The van der Waals surface area contributed by atoms with Gasteiger partial charge in [-0.2, -0.15) is 0 Å². The molecule has 1 aliphatic heterocycles. The van der Waals surface area contributed by atoms with Crippen molar-refractivity contribution in [2.45, 2.75) is 27.4 Å². The van der Waals surface area contributed by atoms with Crippen molar-refractivity contribution in [3.63, 3.8) is 0 Å². The van der Waals surface area contributed by atoms with E-state index in [0.717, 1.165) is 5.56 Å². The molecule has 0 aliphatic carbocycles. The van der Waals surface area contributed by atoms with Gasteiger partial charge in [0.05, 0.1) is 17.0 Å². The molecule has 1 fully saturated rings. The summed E-state index contributed by atoms with van der Waals surface area (Å²) in [5.74, 6) is -0.386. The molecule has 1 atom stereocenters. The fourth-order valence-corrected chi connectivity index (χ4v) is 6.30. The number of piperidine rings is 1. The highest BCUT2D eigenvalue weighted by atomic mass is 79.9. The van der Waals surface area contributed by atoms with Crippen LogP contribution in [0.25, 0.3) is 0 Å². The van der Waals surface area contributed by atoms with E-state index in [0.29, 0.717) is 18.8 Å². The molecule has 9 heteroatoms. The predicted octanol–water partition coefficient (Wildman–Crippen LogP) is 2.90. The first-order chi connectivity index (χ1) is 13.9. The average molecular weight is 483 g/mol. The zero-order valence-electron chi connectivity index (χ0n) is 15.9. The molecule has 1 amide bonds. The number of alkyl halides is 1. The second-order valence-electron chi connectivity index (χ2n) is 6.90. The molecular weight excluding hydrogens is 460 g/mol. The van der Waals surface area contributed by atoms with Crippen molar-refractivity contribution in [1.82, 2.24) is 10.4 Å². The summed E-state index contributed by atoms with van der Waals surface area (Å²) >= 11 is 3.66. The van der Waals surface area contributed by atoms with Gasteiger partial charge in [0.1, 0.15) is 5.75 Å². The van der Waals surface area contributed by atoms with E-state index < -0.39 is 20.5 Å². The minimum absolute atomic E-state index is 0.0220. The number of nitrogens with one attached hydrogen (secondary N) is 1. The van der Waals surface area contributed by atoms with Crippen LogP contribution in [-0.2, 0) is 14.6 Å². The Labute approximate surface area is 178 Å². The largest absolute Gasteiger partial charge is 0.497 e. The van der Waals surface area contributed by atoms with Crippen LogP contribution in [0.3, 0.4) is 0 Å². The molecule has 1 saturated heterocycles. The van der Waals surface area contributed by atoms with Crippen molar-refractivity contribution >= 4 is 31.7 Å². The first kappa shape index (κ1) is 21.8. The second-order valence-corrected chi connectivity index (χ2v) is 10.0. The van der Waals surface area contributed by atoms with E-state index in [4.69, 9.17) is 4.74 Å². The first-order valence-corrected chi connectivity index (χ1v) is 11.5. The zero-order valence-corrected chi connectivity index (χ0v) is 18.3. The van der Waals surface area contributed by atoms with Crippen LogP contribution in [0.15, 0.2) is 59.5 Å². The van der Waals surface area contributed by atoms with Crippen molar-refractivity contribution in [3.05, 3.63) is 60.2 Å². The van der Waals surface area contributed by atoms with Crippen molar-refractivity contribution < 1.29 is 23.2 Å². The fraction of sp³-hybridized carbons (Fsp3) is 0.350. The lowest BCUT2D eigenvalue weighted by atomic mass is 9.94. The summed E-state index contributed by atoms with van der Waals surface area (Å²) in [5, 5.41) is 9.29. The van der Waals surface area contributed by atoms with Crippen LogP contribution in [0, 0.1) is 0 Å². The van der Waals surface area contributed by atoms with Crippen LogP contribution in [0.2, 0.25) is 0 Å². The Morgan fingerprint density at radius 1 is 1.14 bits per heavy atom. The number of rotatable bonds is 6. The first-order valence-electron chi connectivity index (χ1n) is 9.12. The normalized spacial score (nSPS) is 18.0. The third-order valence-electron chi connectivity index (χ3n) is 5.40. The van der Waals surface area contributed by atoms with Crippen LogP contribution in [0.4, 0.5) is 0 Å². The van der Waals surface area contributed by atoms with Gasteiger partial charge in [-0.05, 0) is 42.7 Å². The number of carbonyl (C=O) groups is 1. The van der Waals surface area contributed by atoms with Gasteiger partial charge in [0.15, 0.2) is 14.6 Å². The number of hydrogen-bond acceptors (Lipinski definition) is 6. The number of benzene rings is 2. The van der Waals surface area contributed by atoms with E-state index in [1.54, 1.807) is 5.48 Å². The number of ether oxygens (including phenoxy) is 1. The molecule has 0 spiro atoms. The van der Waals surface area contributed by atoms with Gasteiger partial charge in [-0.25, -0.2) is 13.9 Å². The number of carbonyl (C=O) groups excluding carboxylic acids is 1. The lowest BCUT2D eigenvalue weighted by molar-refractivity contribution is -0.133. The molecular formula is C20H23BrN2O5S. The minimum Gasteiger partial charge on any atom is -0.497 e. The Bertz CT molecular complexity index is 943. The summed E-state index contributed by atoms with van der Waals surface area (Å²) < 4.78 is 30.2. The van der Waals surface area contributed by atoms with Crippen molar-refractivity contribution in [1.29, 1.82) is 0 Å². The Balaban J connectivity index is 1.88. The van der Waals surface area contributed by atoms with Crippen molar-refractivity contribution in [2.24, 2.45) is 0 Å². The summed E-state index contributed by atoms with van der Waals surface area (Å²) in [7, 11) is -2.55. The van der Waals surface area contributed by atoms with Crippen LogP contribution < -0.4 is 10.2 Å². The number of likely N-dealkylation sites (tertiary alicyclic amines) is 1. The summed E-state index contributed by atoms with van der Waals surface area (Å²) in [6.45, 7) is 0.737. The number of hydrogen-bond donors (Lipinski definition) is 2. The molecule has 7 nitrogen and oxygen atoms in total. The van der Waals surface area contributed by atoms with E-state index in [-0.39, 0.29) is 22.7 Å². The molecule has 0 saturated carbocycles. The maximum Gasteiger partial charge on any atom is 0.265 e. The summed E-state index contributed by atoms with van der Waals surface area (Å²) in [5.41, 5.74) is 2.62. The fourth-order valence-electron chi connectivity index (χ4n) is 3.63. The monoisotopic (exact) mass is 482 g/mol. The van der Waals surface area contributed by atoms with E-state index in [1.165, 1.54) is 31.4 Å². The van der Waals surface area contributed by atoms with Gasteiger partial charge in [-0.1, -0.05) is 46.3 Å². The third-order valence-corrected chi connectivity index (χ3v) is 9.02. The molecule has 0 radical (unpaired) electrons. The van der Waals surface area contributed by atoms with E-state index in [9.17, 15) is 18.4 Å². The Morgan fingerprint density at radius 3 is 2.24 bits per heavy atom. The standard InChI is InChI=1S/C20H23BrN2O5S/c1-28-16-7-9-17(10-8-16)29(26,27)20(19(24)22-25)11-13-23(14-12-20)18(21)15-5-3-2-4-6-15/h2-10,18,25H,11-14H2,1H3,(H,22,24). The zero-order chi connectivity index (χ0) is 21.1. The van der Waals surface area contributed by atoms with E-state index in [2.05, 4.69) is 20.8 Å². The topological polar surface area (TPSA) is 95.9 Å². The number of amides is 1. The second kappa shape index (κ2) is 8.83. The Morgan fingerprint density at radius 2 is 1.72 bits per heavy atom. The predicted molar refractivity (Wildman–Crippen MR) is 112 cm³/mol. The number of nitrogens with zero attached hydrogens (tertiary/aromatic N) is 1. The van der Waals surface area contributed by atoms with Crippen molar-refractivity contribution in [2.75, 3.05) is 20.2 Å². The van der Waals surface area contributed by atoms with Gasteiger partial charge < -0.3 is 4.74 Å². The number of hydroxylamine groups is 1. The highest BCUT2D eigenvalue weighted by molar-refractivity contribution is 9.09. The molecule has 0 bridgehead atoms. The molecule has 0 aromatic heterocycles. The smallest absolute Gasteiger partial charge is 0.265 e. The van der Waals surface area contributed by atoms with Crippen LogP contribution in [0.1, 0.15) is 23.4 Å². The average Bonchev–Trinajstić information content (AvgIpc) is 2.78. The van der Waals surface area contributed by atoms with E-state index in [1.807, 2.05) is 30.3 Å². The van der Waals surface area contributed by atoms with Crippen LogP contribution >= 0.6 is 15.9 Å². The third kappa shape index (κ3) is 4.05. The van der Waals surface area contributed by atoms with Gasteiger partial charge in [-0.3, -0.25) is 14.9 Å². The number of halogens is 1. The van der Waals surface area contributed by atoms with Gasteiger partial charge in [0.25, 0.3) is 5.91 Å². The summed E-state index contributed by atoms with van der Waals surface area (Å²) in [6, 6.07) is 15.7. The lowest BCUT2D eigenvalue weighted by Crippen LogP contribution is -2.57. The van der Waals surface area contributed by atoms with Gasteiger partial charge in [0, 0.05) is 13.1 Å². The lowest BCUT2D eigenvalue weighted by Gasteiger charge is -2.41. The van der Waals surface area contributed by atoms with Gasteiger partial charge in [0.2, 0.25) is 0 Å². The minimum atomic E-state index is -4.04. The van der Waals surface area contributed by atoms with Crippen molar-refractivity contribution in [3.8, 4) is 5.75 Å². The maximum absolute atomic E-state index is 13.4. The molecule has 2 aromatic carbocycles. The molecule has 2 aromatic rings. The van der Waals surface area contributed by atoms with Crippen LogP contribution in [-0.4, -0.2) is 49.4 Å². The molecule has 1 unspecified atom stereocenters. The molecule has 156 valence electrons. The molecule has 2 N–H and O–H groups in total. The SMILES string of the molecule is COc1ccc(S(=O)(=O)C2(C(=O)NO)CCN(C(Br)c3ccccc3)CC2)cc1. The Kier molecular flexibility index (Phi) is 6.62. The van der Waals surface area contributed by atoms with Crippen LogP contribution in [0.5, 0.6) is 5.75 Å². The number of sulfone groups is 1. The molecule has 1 aliphatic rings. The van der Waals surface area contributed by atoms with E-state index >= 15 is 0 Å². The van der Waals surface area contributed by atoms with Gasteiger partial charge in [-0.15, -0.1) is 0 Å². The molecule has 29 heavy (non-hydrogen) atoms. The molecule has 3 rings (SSSR count). The molecule has 1 heterocycles. The maximum atomic E-state index is 13.4. The Hall–Kier alpha value is -1.94. The summed E-state index contributed by atoms with van der Waals surface area (Å²) in [4.78, 5) is 14.6. The highest BCUT2D eigenvalue weighted by Gasteiger charge is 2.53. The summed E-state index contributed by atoms with van der Waals surface area (Å²) in [6.07, 6.45) is 0.116. The highest BCUT2D eigenvalue weighted by Crippen LogP contribution is 2.39. The number of methoxy groups -OCH3 is 1.